The van der Waals surface area contributed by atoms with Gasteiger partial charge in [-0.05, 0) is 41.5 Å². The number of hydrogen-bond donors (Lipinski definition) is 0. The van der Waals surface area contributed by atoms with Crippen molar-refractivity contribution >= 4 is 16.9 Å². The van der Waals surface area contributed by atoms with E-state index in [2.05, 4.69) is 50.4 Å². The second-order valence-corrected chi connectivity index (χ2v) is 10.8. The Labute approximate surface area is 138 Å². The highest BCUT2D eigenvalue weighted by Crippen LogP contribution is 2.81. The van der Waals surface area contributed by atoms with E-state index in [-0.39, 0.29) is 11.1 Å². The minimum Gasteiger partial charge on any atom is -0.382 e. The number of ether oxygens (including phenoxy) is 2. The van der Waals surface area contributed by atoms with Crippen LogP contribution in [0.15, 0.2) is 0 Å². The minimum absolute atomic E-state index is 0.000693. The van der Waals surface area contributed by atoms with E-state index in [1.54, 1.807) is 14.2 Å². The van der Waals surface area contributed by atoms with Crippen molar-refractivity contribution in [2.75, 3.05) is 40.6 Å². The van der Waals surface area contributed by atoms with Gasteiger partial charge in [-0.2, -0.15) is 8.88 Å². The molecule has 0 spiro atoms. The molecule has 0 unspecified atom stereocenters. The summed E-state index contributed by atoms with van der Waals surface area (Å²) in [5.74, 6) is 0. The van der Waals surface area contributed by atoms with Gasteiger partial charge < -0.3 is 18.5 Å². The zero-order valence-corrected chi connectivity index (χ0v) is 17.0. The van der Waals surface area contributed by atoms with Crippen molar-refractivity contribution in [2.24, 2.45) is 0 Å². The third-order valence-corrected chi connectivity index (χ3v) is 9.20. The molecule has 1 rings (SSSR count). The van der Waals surface area contributed by atoms with Gasteiger partial charge in [-0.3, -0.25) is 0 Å². The lowest BCUT2D eigenvalue weighted by Crippen LogP contribution is -2.53. The molecule has 1 saturated heterocycles. The zero-order valence-electron chi connectivity index (χ0n) is 15.3. The quantitative estimate of drug-likeness (QED) is 0.485. The van der Waals surface area contributed by atoms with Crippen LogP contribution in [0.25, 0.3) is 0 Å². The molecule has 0 aliphatic carbocycles. The second-order valence-electron chi connectivity index (χ2n) is 7.08. The topological polar surface area (TPSA) is 43.4 Å². The van der Waals surface area contributed by atoms with Gasteiger partial charge in [-0.15, -0.1) is 0 Å². The summed E-state index contributed by atoms with van der Waals surface area (Å²) in [7, 11) is 1.75. The summed E-state index contributed by atoms with van der Waals surface area (Å²) in [6, 6.07) is 0. The van der Waals surface area contributed by atoms with E-state index in [9.17, 15) is 0 Å². The molecule has 132 valence electrons. The molecule has 0 saturated carbocycles. The molecular formula is C14H32N2O4P2. The van der Waals surface area contributed by atoms with Crippen molar-refractivity contribution in [1.82, 2.24) is 8.88 Å². The summed E-state index contributed by atoms with van der Waals surface area (Å²) < 4.78 is 27.3. The molecule has 0 radical (unpaired) electrons. The van der Waals surface area contributed by atoms with Crippen LogP contribution in [0.4, 0.5) is 0 Å². The molecule has 1 aliphatic rings. The van der Waals surface area contributed by atoms with Gasteiger partial charge in [0, 0.05) is 25.3 Å². The van der Waals surface area contributed by atoms with Crippen molar-refractivity contribution in [3.05, 3.63) is 0 Å². The van der Waals surface area contributed by atoms with Crippen molar-refractivity contribution in [2.45, 2.75) is 52.6 Å². The molecule has 6 nitrogen and oxygen atoms in total. The van der Waals surface area contributed by atoms with Crippen molar-refractivity contribution in [3.63, 3.8) is 0 Å². The minimum atomic E-state index is -0.823. The average molecular weight is 354 g/mol. The van der Waals surface area contributed by atoms with Crippen LogP contribution in [0.5, 0.6) is 0 Å². The molecule has 8 heteroatoms. The van der Waals surface area contributed by atoms with Crippen molar-refractivity contribution in [1.29, 1.82) is 0 Å². The van der Waals surface area contributed by atoms with Gasteiger partial charge in [0.15, 0.2) is 0 Å². The Kier molecular flexibility index (Phi) is 8.11. The fourth-order valence-electron chi connectivity index (χ4n) is 1.91. The second kappa shape index (κ2) is 8.64. The summed E-state index contributed by atoms with van der Waals surface area (Å²) in [4.78, 5) is 0. The predicted octanol–water partition coefficient (Wildman–Crippen LogP) is 3.98. The maximum Gasteiger partial charge on any atom is 0.202 e. The van der Waals surface area contributed by atoms with Gasteiger partial charge >= 0.3 is 0 Å². The number of methoxy groups -OCH3 is 2. The monoisotopic (exact) mass is 354 g/mol. The molecule has 0 atom stereocenters. The van der Waals surface area contributed by atoms with E-state index in [0.29, 0.717) is 26.4 Å². The number of hydrogen-bond acceptors (Lipinski definition) is 6. The Balaban J connectivity index is 2.85. The van der Waals surface area contributed by atoms with E-state index in [0.717, 1.165) is 0 Å². The maximum absolute atomic E-state index is 6.13. The molecule has 0 amide bonds. The fraction of sp³-hybridized carbons (Fsp3) is 1.00. The SMILES string of the molecule is COCCOP1N(C(C)(C)C)P(OCCOC)N1C(C)(C)C. The lowest BCUT2D eigenvalue weighted by molar-refractivity contribution is 0.110. The standard InChI is InChI=1S/C14H32N2O4P2/c1-13(2,3)15-21(19-11-9-17-7)16(14(4,5)6)22(15)20-12-10-18-8/h9-12H2,1-8H3. The lowest BCUT2D eigenvalue weighted by Gasteiger charge is -2.62. The fourth-order valence-corrected chi connectivity index (χ4v) is 7.31. The summed E-state index contributed by atoms with van der Waals surface area (Å²) >= 11 is 0. The number of nitrogens with zero attached hydrogens (tertiary/aromatic N) is 2. The molecule has 1 aliphatic heterocycles. The van der Waals surface area contributed by atoms with Crippen molar-refractivity contribution < 1.29 is 18.5 Å². The first-order chi connectivity index (χ1) is 10.1. The zero-order chi connectivity index (χ0) is 17.0. The molecule has 1 fully saturated rings. The Morgan fingerprint density at radius 2 is 0.955 bits per heavy atom. The van der Waals surface area contributed by atoms with Crippen LogP contribution in [-0.2, 0) is 18.5 Å². The third-order valence-electron chi connectivity index (χ3n) is 2.84. The van der Waals surface area contributed by atoms with E-state index in [1.807, 2.05) is 0 Å². The Hall–Kier alpha value is 0.620. The molecule has 22 heavy (non-hydrogen) atoms. The highest BCUT2D eigenvalue weighted by atomic mass is 31.3. The van der Waals surface area contributed by atoms with Gasteiger partial charge in [0.25, 0.3) is 0 Å². The Bertz CT molecular complexity index is 294. The molecule has 0 bridgehead atoms. The smallest absolute Gasteiger partial charge is 0.202 e. The van der Waals surface area contributed by atoms with Gasteiger partial charge in [-0.1, -0.05) is 0 Å². The molecule has 1 heterocycles. The summed E-state index contributed by atoms with van der Waals surface area (Å²) in [5.41, 5.74) is -0.00139. The average Bonchev–Trinajstić information content (AvgIpc) is 2.32. The summed E-state index contributed by atoms with van der Waals surface area (Å²) in [5, 5.41) is 0. The normalized spacial score (nSPS) is 24.5. The van der Waals surface area contributed by atoms with Crippen LogP contribution >= 0.6 is 16.9 Å². The highest BCUT2D eigenvalue weighted by molar-refractivity contribution is 7.78. The van der Waals surface area contributed by atoms with Crippen LogP contribution in [0.1, 0.15) is 41.5 Å². The summed E-state index contributed by atoms with van der Waals surface area (Å²) in [6.45, 7) is 15.6. The maximum atomic E-state index is 6.13. The van der Waals surface area contributed by atoms with Gasteiger partial charge in [0.2, 0.25) is 16.9 Å². The van der Waals surface area contributed by atoms with Crippen molar-refractivity contribution in [3.8, 4) is 0 Å². The highest BCUT2D eigenvalue weighted by Gasteiger charge is 2.58. The first-order valence-electron chi connectivity index (χ1n) is 7.58. The van der Waals surface area contributed by atoms with E-state index in [1.165, 1.54) is 0 Å². The predicted molar refractivity (Wildman–Crippen MR) is 92.7 cm³/mol. The largest absolute Gasteiger partial charge is 0.382 e. The van der Waals surface area contributed by atoms with E-state index >= 15 is 0 Å². The summed E-state index contributed by atoms with van der Waals surface area (Å²) in [6.07, 6.45) is 0. The molecule has 0 aromatic carbocycles. The molecule has 0 aromatic heterocycles. The third kappa shape index (κ3) is 5.32. The van der Waals surface area contributed by atoms with Crippen LogP contribution in [0, 0.1) is 0 Å². The van der Waals surface area contributed by atoms with Crippen LogP contribution in [0.3, 0.4) is 0 Å². The Morgan fingerprint density at radius 1 is 0.636 bits per heavy atom. The molecule has 0 N–H and O–H groups in total. The first-order valence-corrected chi connectivity index (χ1v) is 9.91. The van der Waals surface area contributed by atoms with E-state index in [4.69, 9.17) is 18.5 Å². The molecule has 0 aromatic rings. The van der Waals surface area contributed by atoms with Crippen LogP contribution in [0.2, 0.25) is 0 Å². The van der Waals surface area contributed by atoms with Gasteiger partial charge in [-0.25, -0.2) is 0 Å². The lowest BCUT2D eigenvalue weighted by atomic mass is 10.1. The first kappa shape index (κ1) is 20.7. The van der Waals surface area contributed by atoms with Crippen LogP contribution < -0.4 is 0 Å². The van der Waals surface area contributed by atoms with E-state index < -0.39 is 16.9 Å². The van der Waals surface area contributed by atoms with Gasteiger partial charge in [0.05, 0.1) is 26.4 Å². The Morgan fingerprint density at radius 3 is 1.18 bits per heavy atom. The van der Waals surface area contributed by atoms with Crippen LogP contribution in [-0.4, -0.2) is 60.6 Å². The number of rotatable bonds is 8. The van der Waals surface area contributed by atoms with Gasteiger partial charge in [0.1, 0.15) is 0 Å². The molecular weight excluding hydrogens is 322 g/mol.